The number of carboxylic acid groups (broad SMARTS) is 1. The SMILES string of the molecule is CCCC(O)(C(=O)O)C1CCCCCC1. The van der Waals surface area contributed by atoms with Crippen molar-refractivity contribution in [2.75, 3.05) is 0 Å². The molecule has 2 N–H and O–H groups in total. The Bertz CT molecular complexity index is 207. The van der Waals surface area contributed by atoms with Gasteiger partial charge in [0, 0.05) is 0 Å². The molecule has 0 aromatic rings. The summed E-state index contributed by atoms with van der Waals surface area (Å²) < 4.78 is 0. The Labute approximate surface area is 91.5 Å². The molecule has 3 heteroatoms. The van der Waals surface area contributed by atoms with Crippen LogP contribution in [0.4, 0.5) is 0 Å². The van der Waals surface area contributed by atoms with Gasteiger partial charge in [0.1, 0.15) is 0 Å². The lowest BCUT2D eigenvalue weighted by Crippen LogP contribution is -2.45. The summed E-state index contributed by atoms with van der Waals surface area (Å²) in [7, 11) is 0. The maximum Gasteiger partial charge on any atom is 0.335 e. The fraction of sp³-hybridized carbons (Fsp3) is 0.917. The summed E-state index contributed by atoms with van der Waals surface area (Å²) in [6.45, 7) is 1.92. The molecule has 88 valence electrons. The van der Waals surface area contributed by atoms with E-state index in [-0.39, 0.29) is 5.92 Å². The molecule has 0 radical (unpaired) electrons. The lowest BCUT2D eigenvalue weighted by atomic mass is 9.79. The minimum absolute atomic E-state index is 0.0440. The van der Waals surface area contributed by atoms with E-state index in [1.165, 1.54) is 12.8 Å². The van der Waals surface area contributed by atoms with E-state index in [2.05, 4.69) is 0 Å². The lowest BCUT2D eigenvalue weighted by Gasteiger charge is -2.31. The van der Waals surface area contributed by atoms with Crippen LogP contribution in [-0.4, -0.2) is 21.8 Å². The van der Waals surface area contributed by atoms with Crippen molar-refractivity contribution in [3.63, 3.8) is 0 Å². The zero-order valence-electron chi connectivity index (χ0n) is 9.54. The smallest absolute Gasteiger partial charge is 0.335 e. The van der Waals surface area contributed by atoms with E-state index >= 15 is 0 Å². The molecule has 0 amide bonds. The van der Waals surface area contributed by atoms with E-state index in [0.29, 0.717) is 6.42 Å². The van der Waals surface area contributed by atoms with Crippen LogP contribution in [0.5, 0.6) is 0 Å². The first-order valence-electron chi connectivity index (χ1n) is 6.07. The summed E-state index contributed by atoms with van der Waals surface area (Å²) >= 11 is 0. The lowest BCUT2D eigenvalue weighted by molar-refractivity contribution is -0.166. The highest BCUT2D eigenvalue weighted by Gasteiger charge is 2.42. The molecule has 1 aliphatic carbocycles. The van der Waals surface area contributed by atoms with Gasteiger partial charge in [-0.25, -0.2) is 4.79 Å². The summed E-state index contributed by atoms with van der Waals surface area (Å²) in [6, 6.07) is 0. The topological polar surface area (TPSA) is 57.5 Å². The van der Waals surface area contributed by atoms with Crippen molar-refractivity contribution in [3.05, 3.63) is 0 Å². The third-order valence-electron chi connectivity index (χ3n) is 3.53. The molecule has 0 bridgehead atoms. The first-order chi connectivity index (χ1) is 7.11. The monoisotopic (exact) mass is 214 g/mol. The number of carbonyl (C=O) groups is 1. The molecular formula is C12H22O3. The third-order valence-corrected chi connectivity index (χ3v) is 3.53. The van der Waals surface area contributed by atoms with Gasteiger partial charge >= 0.3 is 5.97 Å². The second-order valence-electron chi connectivity index (χ2n) is 4.67. The molecule has 0 aliphatic heterocycles. The van der Waals surface area contributed by atoms with Gasteiger partial charge in [0.15, 0.2) is 5.60 Å². The van der Waals surface area contributed by atoms with E-state index in [4.69, 9.17) is 5.11 Å². The minimum Gasteiger partial charge on any atom is -0.479 e. The van der Waals surface area contributed by atoms with Gasteiger partial charge in [-0.1, -0.05) is 39.0 Å². The van der Waals surface area contributed by atoms with Crippen molar-refractivity contribution >= 4 is 5.97 Å². The molecule has 1 rings (SSSR count). The molecule has 0 heterocycles. The summed E-state index contributed by atoms with van der Waals surface area (Å²) in [5.41, 5.74) is -1.47. The van der Waals surface area contributed by atoms with Crippen LogP contribution in [0, 0.1) is 5.92 Å². The van der Waals surface area contributed by atoms with Crippen LogP contribution >= 0.6 is 0 Å². The summed E-state index contributed by atoms with van der Waals surface area (Å²) in [6.07, 6.45) is 7.31. The van der Waals surface area contributed by atoms with Crippen molar-refractivity contribution in [1.82, 2.24) is 0 Å². The second-order valence-corrected chi connectivity index (χ2v) is 4.67. The molecule has 1 atom stereocenters. The molecule has 0 aromatic carbocycles. The molecule has 1 fully saturated rings. The molecule has 0 aromatic heterocycles. The van der Waals surface area contributed by atoms with Crippen LogP contribution < -0.4 is 0 Å². The van der Waals surface area contributed by atoms with Gasteiger partial charge in [-0.3, -0.25) is 0 Å². The number of rotatable bonds is 4. The van der Waals surface area contributed by atoms with Gasteiger partial charge in [-0.2, -0.15) is 0 Å². The van der Waals surface area contributed by atoms with Crippen molar-refractivity contribution in [1.29, 1.82) is 0 Å². The maximum absolute atomic E-state index is 11.2. The Balaban J connectivity index is 2.72. The number of carboxylic acids is 1. The average molecular weight is 214 g/mol. The van der Waals surface area contributed by atoms with Gasteiger partial charge < -0.3 is 10.2 Å². The van der Waals surface area contributed by atoms with Crippen LogP contribution in [0.2, 0.25) is 0 Å². The van der Waals surface area contributed by atoms with Crippen molar-refractivity contribution in [3.8, 4) is 0 Å². The molecule has 15 heavy (non-hydrogen) atoms. The van der Waals surface area contributed by atoms with Crippen LogP contribution in [0.1, 0.15) is 58.3 Å². The Morgan fingerprint density at radius 2 is 1.80 bits per heavy atom. The zero-order valence-corrected chi connectivity index (χ0v) is 9.54. The number of hydrogen-bond acceptors (Lipinski definition) is 2. The van der Waals surface area contributed by atoms with E-state index in [0.717, 1.165) is 32.1 Å². The standard InChI is InChI=1S/C12H22O3/c1-2-9-12(15,11(13)14)10-7-5-3-4-6-8-10/h10,15H,2-9H2,1H3,(H,13,14). The average Bonchev–Trinajstić information content (AvgIpc) is 2.45. The van der Waals surface area contributed by atoms with Gasteiger partial charge in [-0.15, -0.1) is 0 Å². The summed E-state index contributed by atoms with van der Waals surface area (Å²) in [5.74, 6) is -1.08. The van der Waals surface area contributed by atoms with Crippen LogP contribution in [-0.2, 0) is 4.79 Å². The molecule has 1 aliphatic rings. The largest absolute Gasteiger partial charge is 0.479 e. The van der Waals surface area contributed by atoms with Crippen LogP contribution in [0.25, 0.3) is 0 Å². The van der Waals surface area contributed by atoms with E-state index in [1.807, 2.05) is 6.92 Å². The predicted molar refractivity (Wildman–Crippen MR) is 58.7 cm³/mol. The molecule has 0 spiro atoms. The van der Waals surface area contributed by atoms with E-state index in [1.54, 1.807) is 0 Å². The number of hydrogen-bond donors (Lipinski definition) is 2. The minimum atomic E-state index is -1.47. The Morgan fingerprint density at radius 3 is 2.20 bits per heavy atom. The zero-order chi connectivity index (χ0) is 11.3. The normalized spacial score (nSPS) is 23.1. The Morgan fingerprint density at radius 1 is 1.27 bits per heavy atom. The maximum atomic E-state index is 11.2. The predicted octanol–water partition coefficient (Wildman–Crippen LogP) is 2.57. The van der Waals surface area contributed by atoms with Gasteiger partial charge in [-0.05, 0) is 25.2 Å². The van der Waals surface area contributed by atoms with E-state index < -0.39 is 11.6 Å². The Kier molecular flexibility index (Phi) is 4.58. The summed E-state index contributed by atoms with van der Waals surface area (Å²) in [4.78, 5) is 11.2. The van der Waals surface area contributed by atoms with Crippen LogP contribution in [0.15, 0.2) is 0 Å². The van der Waals surface area contributed by atoms with Gasteiger partial charge in [0.25, 0.3) is 0 Å². The van der Waals surface area contributed by atoms with Crippen molar-refractivity contribution < 1.29 is 15.0 Å². The first kappa shape index (κ1) is 12.5. The third kappa shape index (κ3) is 2.94. The number of aliphatic hydroxyl groups is 1. The highest BCUT2D eigenvalue weighted by atomic mass is 16.4. The fourth-order valence-electron chi connectivity index (χ4n) is 2.62. The highest BCUT2D eigenvalue weighted by Crippen LogP contribution is 2.34. The van der Waals surface area contributed by atoms with Crippen LogP contribution in [0.3, 0.4) is 0 Å². The quantitative estimate of drug-likeness (QED) is 0.707. The number of aliphatic carboxylic acids is 1. The van der Waals surface area contributed by atoms with Gasteiger partial charge in [0.05, 0.1) is 0 Å². The molecule has 0 saturated heterocycles. The van der Waals surface area contributed by atoms with Crippen molar-refractivity contribution in [2.24, 2.45) is 5.92 Å². The molecule has 1 unspecified atom stereocenters. The molecule has 3 nitrogen and oxygen atoms in total. The van der Waals surface area contributed by atoms with Crippen molar-refractivity contribution in [2.45, 2.75) is 63.9 Å². The second kappa shape index (κ2) is 5.50. The summed E-state index contributed by atoms with van der Waals surface area (Å²) in [5, 5.41) is 19.4. The highest BCUT2D eigenvalue weighted by molar-refractivity contribution is 5.77. The Hall–Kier alpha value is -0.570. The van der Waals surface area contributed by atoms with E-state index in [9.17, 15) is 9.90 Å². The molecule has 1 saturated carbocycles. The molecular weight excluding hydrogens is 192 g/mol. The fourth-order valence-corrected chi connectivity index (χ4v) is 2.62. The van der Waals surface area contributed by atoms with Gasteiger partial charge in [0.2, 0.25) is 0 Å². The first-order valence-corrected chi connectivity index (χ1v) is 6.07.